The van der Waals surface area contributed by atoms with Gasteiger partial charge in [0.25, 0.3) is 0 Å². The summed E-state index contributed by atoms with van der Waals surface area (Å²) in [4.78, 5) is 4.32. The maximum absolute atomic E-state index is 10.2. The van der Waals surface area contributed by atoms with Gasteiger partial charge in [-0.3, -0.25) is 4.98 Å². The highest BCUT2D eigenvalue weighted by Gasteiger charge is 2.07. The Labute approximate surface area is 117 Å². The van der Waals surface area contributed by atoms with Crippen LogP contribution in [0.2, 0.25) is 0 Å². The second-order valence-corrected chi connectivity index (χ2v) is 4.68. The van der Waals surface area contributed by atoms with Crippen molar-refractivity contribution in [3.63, 3.8) is 0 Å². The minimum atomic E-state index is -0.525. The van der Waals surface area contributed by atoms with E-state index in [0.717, 1.165) is 22.2 Å². The monoisotopic (exact) mass is 264 g/mol. The molecule has 3 nitrogen and oxygen atoms in total. The molecule has 0 radical (unpaired) electrons. The second kappa shape index (κ2) is 5.72. The van der Waals surface area contributed by atoms with E-state index in [0.29, 0.717) is 6.54 Å². The number of nitrogens with zero attached hydrogens (tertiary/aromatic N) is 1. The maximum Gasteiger partial charge on any atom is 0.0962 e. The summed E-state index contributed by atoms with van der Waals surface area (Å²) in [6.45, 7) is 0.470. The summed E-state index contributed by atoms with van der Waals surface area (Å²) < 4.78 is 0. The molecule has 2 aromatic carbocycles. The number of rotatable bonds is 4. The normalized spacial score (nSPS) is 12.2. The molecular formula is C17H16N2O. The Hall–Kier alpha value is -2.39. The molecule has 1 unspecified atom stereocenters. The average Bonchev–Trinajstić information content (AvgIpc) is 2.53. The van der Waals surface area contributed by atoms with E-state index in [9.17, 15) is 5.11 Å². The maximum atomic E-state index is 10.2. The Kier molecular flexibility index (Phi) is 3.61. The molecule has 1 heterocycles. The van der Waals surface area contributed by atoms with Crippen LogP contribution in [0.3, 0.4) is 0 Å². The third-order valence-electron chi connectivity index (χ3n) is 3.32. The van der Waals surface area contributed by atoms with Gasteiger partial charge in [-0.15, -0.1) is 0 Å². The zero-order valence-corrected chi connectivity index (χ0v) is 11.0. The van der Waals surface area contributed by atoms with E-state index in [1.807, 2.05) is 60.7 Å². The summed E-state index contributed by atoms with van der Waals surface area (Å²) in [5.41, 5.74) is 2.86. The first-order valence-corrected chi connectivity index (χ1v) is 6.65. The van der Waals surface area contributed by atoms with Gasteiger partial charge >= 0.3 is 0 Å². The highest BCUT2D eigenvalue weighted by atomic mass is 16.3. The van der Waals surface area contributed by atoms with Crippen LogP contribution in [0.5, 0.6) is 0 Å². The number of para-hydroxylation sites is 1. The number of anilines is 1. The molecule has 0 saturated carbocycles. The van der Waals surface area contributed by atoms with Crippen LogP contribution in [0.1, 0.15) is 11.7 Å². The number of aromatic nitrogens is 1. The van der Waals surface area contributed by atoms with E-state index in [2.05, 4.69) is 10.3 Å². The summed E-state index contributed by atoms with van der Waals surface area (Å²) in [7, 11) is 0. The van der Waals surface area contributed by atoms with E-state index in [1.165, 1.54) is 0 Å². The molecule has 0 saturated heterocycles. The van der Waals surface area contributed by atoms with Gasteiger partial charge in [-0.05, 0) is 17.7 Å². The Morgan fingerprint density at radius 3 is 2.55 bits per heavy atom. The summed E-state index contributed by atoms with van der Waals surface area (Å²) in [6, 6.07) is 19.6. The lowest BCUT2D eigenvalue weighted by Crippen LogP contribution is -2.12. The molecule has 1 atom stereocenters. The summed E-state index contributed by atoms with van der Waals surface area (Å²) in [6.07, 6.45) is 1.25. The lowest BCUT2D eigenvalue weighted by atomic mass is 10.1. The van der Waals surface area contributed by atoms with Crippen molar-refractivity contribution < 1.29 is 5.11 Å². The molecule has 0 aliphatic heterocycles. The summed E-state index contributed by atoms with van der Waals surface area (Å²) in [5, 5.41) is 14.5. The molecule has 20 heavy (non-hydrogen) atoms. The van der Waals surface area contributed by atoms with Crippen LogP contribution in [-0.2, 0) is 0 Å². The standard InChI is InChI=1S/C17H16N2O/c20-17(13-6-2-1-3-7-13)12-19-16-10-11-18-15-9-5-4-8-14(15)16/h1-11,17,20H,12H2,(H,18,19). The highest BCUT2D eigenvalue weighted by Crippen LogP contribution is 2.22. The van der Waals surface area contributed by atoms with Crippen molar-refractivity contribution in [3.8, 4) is 0 Å². The second-order valence-electron chi connectivity index (χ2n) is 4.68. The molecule has 3 aromatic rings. The molecule has 0 spiro atoms. The quantitative estimate of drug-likeness (QED) is 0.759. The summed E-state index contributed by atoms with van der Waals surface area (Å²) in [5.74, 6) is 0. The van der Waals surface area contributed by atoms with Gasteiger partial charge in [0.15, 0.2) is 0 Å². The molecule has 2 N–H and O–H groups in total. The number of aliphatic hydroxyl groups is 1. The highest BCUT2D eigenvalue weighted by molar-refractivity contribution is 5.90. The molecule has 0 bridgehead atoms. The smallest absolute Gasteiger partial charge is 0.0962 e. The first-order valence-electron chi connectivity index (χ1n) is 6.65. The van der Waals surface area contributed by atoms with Crippen LogP contribution < -0.4 is 5.32 Å². The van der Waals surface area contributed by atoms with Crippen LogP contribution in [0, 0.1) is 0 Å². The van der Waals surface area contributed by atoms with Crippen LogP contribution in [0.25, 0.3) is 10.9 Å². The van der Waals surface area contributed by atoms with Gasteiger partial charge in [-0.1, -0.05) is 48.5 Å². The van der Waals surface area contributed by atoms with Crippen molar-refractivity contribution in [2.75, 3.05) is 11.9 Å². The molecule has 0 aliphatic carbocycles. The Bertz CT molecular complexity index is 692. The van der Waals surface area contributed by atoms with Crippen LogP contribution in [-0.4, -0.2) is 16.6 Å². The molecule has 100 valence electrons. The van der Waals surface area contributed by atoms with E-state index in [4.69, 9.17) is 0 Å². The van der Waals surface area contributed by atoms with Crippen LogP contribution in [0.4, 0.5) is 5.69 Å². The van der Waals surface area contributed by atoms with Crippen molar-refractivity contribution in [2.24, 2.45) is 0 Å². The van der Waals surface area contributed by atoms with Crippen LogP contribution >= 0.6 is 0 Å². The minimum Gasteiger partial charge on any atom is -0.387 e. The Morgan fingerprint density at radius 2 is 1.70 bits per heavy atom. The topological polar surface area (TPSA) is 45.1 Å². The molecular weight excluding hydrogens is 248 g/mol. The predicted molar refractivity (Wildman–Crippen MR) is 81.6 cm³/mol. The number of hydrogen-bond donors (Lipinski definition) is 2. The van der Waals surface area contributed by atoms with Crippen molar-refractivity contribution in [1.82, 2.24) is 4.98 Å². The molecule has 1 aromatic heterocycles. The van der Waals surface area contributed by atoms with E-state index >= 15 is 0 Å². The third-order valence-corrected chi connectivity index (χ3v) is 3.32. The number of pyridine rings is 1. The molecule has 3 heteroatoms. The van der Waals surface area contributed by atoms with Gasteiger partial charge in [-0.2, -0.15) is 0 Å². The fourth-order valence-electron chi connectivity index (χ4n) is 2.25. The first kappa shape index (κ1) is 12.6. The number of hydrogen-bond acceptors (Lipinski definition) is 3. The average molecular weight is 264 g/mol. The Balaban J connectivity index is 1.77. The van der Waals surface area contributed by atoms with Gasteiger partial charge in [0.1, 0.15) is 0 Å². The minimum absolute atomic E-state index is 0.470. The van der Waals surface area contributed by atoms with Gasteiger partial charge in [0, 0.05) is 23.8 Å². The molecule has 0 amide bonds. The molecule has 0 fully saturated rings. The number of nitrogens with one attached hydrogen (secondary N) is 1. The van der Waals surface area contributed by atoms with Gasteiger partial charge < -0.3 is 10.4 Å². The van der Waals surface area contributed by atoms with E-state index < -0.39 is 6.10 Å². The van der Waals surface area contributed by atoms with E-state index in [-0.39, 0.29) is 0 Å². The fraction of sp³-hybridized carbons (Fsp3) is 0.118. The zero-order valence-electron chi connectivity index (χ0n) is 11.0. The van der Waals surface area contributed by atoms with Gasteiger partial charge in [0.05, 0.1) is 11.6 Å². The first-order chi connectivity index (χ1) is 9.84. The van der Waals surface area contributed by atoms with Crippen molar-refractivity contribution in [1.29, 1.82) is 0 Å². The zero-order chi connectivity index (χ0) is 13.8. The SMILES string of the molecule is OC(CNc1ccnc2ccccc12)c1ccccc1. The van der Waals surface area contributed by atoms with Crippen LogP contribution in [0.15, 0.2) is 66.9 Å². The summed E-state index contributed by atoms with van der Waals surface area (Å²) >= 11 is 0. The number of benzene rings is 2. The van der Waals surface area contributed by atoms with E-state index in [1.54, 1.807) is 6.20 Å². The number of aliphatic hydroxyl groups excluding tert-OH is 1. The van der Waals surface area contributed by atoms with Crippen molar-refractivity contribution in [2.45, 2.75) is 6.10 Å². The number of fused-ring (bicyclic) bond motifs is 1. The molecule has 3 rings (SSSR count). The van der Waals surface area contributed by atoms with Gasteiger partial charge in [-0.25, -0.2) is 0 Å². The third kappa shape index (κ3) is 2.63. The van der Waals surface area contributed by atoms with Crippen molar-refractivity contribution >= 4 is 16.6 Å². The molecule has 0 aliphatic rings. The van der Waals surface area contributed by atoms with Gasteiger partial charge in [0.2, 0.25) is 0 Å². The largest absolute Gasteiger partial charge is 0.387 e. The lowest BCUT2D eigenvalue weighted by Gasteiger charge is -2.14. The lowest BCUT2D eigenvalue weighted by molar-refractivity contribution is 0.191. The Morgan fingerprint density at radius 1 is 0.950 bits per heavy atom. The van der Waals surface area contributed by atoms with Crippen molar-refractivity contribution in [3.05, 3.63) is 72.4 Å². The fourth-order valence-corrected chi connectivity index (χ4v) is 2.25. The predicted octanol–water partition coefficient (Wildman–Crippen LogP) is 3.38.